The van der Waals surface area contributed by atoms with Gasteiger partial charge in [0.25, 0.3) is 0 Å². The first kappa shape index (κ1) is 13.8. The second-order valence-electron chi connectivity index (χ2n) is 5.29. The zero-order valence-corrected chi connectivity index (χ0v) is 11.6. The molecular formula is C14H20N2O3. The molecule has 1 aromatic heterocycles. The fraction of sp³-hybridized carbons (Fsp3) is 0.571. The fourth-order valence-corrected chi connectivity index (χ4v) is 2.52. The highest BCUT2D eigenvalue weighted by Gasteiger charge is 2.31. The first-order valence-corrected chi connectivity index (χ1v) is 6.46. The van der Waals surface area contributed by atoms with Crippen LogP contribution in [0.4, 0.5) is 5.82 Å². The van der Waals surface area contributed by atoms with Crippen LogP contribution in [0, 0.1) is 6.92 Å². The van der Waals surface area contributed by atoms with Crippen LogP contribution in [0.25, 0.3) is 0 Å². The second kappa shape index (κ2) is 5.17. The van der Waals surface area contributed by atoms with E-state index >= 15 is 0 Å². The van der Waals surface area contributed by atoms with E-state index in [-0.39, 0.29) is 11.2 Å². The molecule has 0 bridgehead atoms. The summed E-state index contributed by atoms with van der Waals surface area (Å²) in [5.41, 5.74) is 0.657. The minimum absolute atomic E-state index is 0.153. The van der Waals surface area contributed by atoms with Gasteiger partial charge in [-0.25, -0.2) is 9.78 Å². The molecule has 1 saturated heterocycles. The summed E-state index contributed by atoms with van der Waals surface area (Å²) in [5, 5.41) is 9.01. The summed E-state index contributed by atoms with van der Waals surface area (Å²) in [5.74, 6) is -0.109. The molecule has 1 aliphatic heterocycles. The van der Waals surface area contributed by atoms with E-state index in [0.29, 0.717) is 5.69 Å². The van der Waals surface area contributed by atoms with Crippen LogP contribution in [0.5, 0.6) is 0 Å². The Morgan fingerprint density at radius 1 is 1.53 bits per heavy atom. The number of hydrogen-bond acceptors (Lipinski definition) is 4. The van der Waals surface area contributed by atoms with Gasteiger partial charge in [-0.3, -0.25) is 0 Å². The molecule has 0 saturated carbocycles. The van der Waals surface area contributed by atoms with Crippen molar-refractivity contribution in [3.8, 4) is 0 Å². The van der Waals surface area contributed by atoms with E-state index in [9.17, 15) is 4.79 Å². The molecule has 104 valence electrons. The summed E-state index contributed by atoms with van der Waals surface area (Å²) in [6.07, 6.45) is 2.08. The maximum atomic E-state index is 11.0. The largest absolute Gasteiger partial charge is 0.478 e. The highest BCUT2D eigenvalue weighted by Crippen LogP contribution is 2.27. The Labute approximate surface area is 113 Å². The van der Waals surface area contributed by atoms with Gasteiger partial charge < -0.3 is 14.7 Å². The first-order chi connectivity index (χ1) is 8.95. The van der Waals surface area contributed by atoms with Gasteiger partial charge in [0.15, 0.2) is 0 Å². The van der Waals surface area contributed by atoms with E-state index in [1.54, 1.807) is 26.2 Å². The third-order valence-electron chi connectivity index (χ3n) is 3.78. The number of aryl methyl sites for hydroxylation is 1. The van der Waals surface area contributed by atoms with Gasteiger partial charge in [-0.2, -0.15) is 0 Å². The van der Waals surface area contributed by atoms with E-state index in [1.807, 2.05) is 0 Å². The molecular weight excluding hydrogens is 244 g/mol. The predicted octanol–water partition coefficient (Wildman–Crippen LogP) is 2.09. The van der Waals surface area contributed by atoms with Crippen LogP contribution in [-0.4, -0.2) is 41.9 Å². The first-order valence-electron chi connectivity index (χ1n) is 6.46. The lowest BCUT2D eigenvalue weighted by Crippen LogP contribution is -2.47. The number of ether oxygens (including phenoxy) is 1. The second-order valence-corrected chi connectivity index (χ2v) is 5.29. The summed E-state index contributed by atoms with van der Waals surface area (Å²) in [4.78, 5) is 17.6. The maximum Gasteiger partial charge on any atom is 0.337 e. The number of carboxylic acids is 1. The van der Waals surface area contributed by atoms with Gasteiger partial charge in [0, 0.05) is 20.2 Å². The minimum atomic E-state index is -0.933. The average molecular weight is 264 g/mol. The predicted molar refractivity (Wildman–Crippen MR) is 72.8 cm³/mol. The van der Waals surface area contributed by atoms with Gasteiger partial charge in [0.1, 0.15) is 5.82 Å². The molecule has 1 aliphatic rings. The Bertz CT molecular complexity index is 490. The van der Waals surface area contributed by atoms with Gasteiger partial charge in [0.2, 0.25) is 0 Å². The number of aromatic nitrogens is 1. The van der Waals surface area contributed by atoms with Gasteiger partial charge in [0.05, 0.1) is 16.9 Å². The van der Waals surface area contributed by atoms with Crippen LogP contribution in [0.1, 0.15) is 35.8 Å². The topological polar surface area (TPSA) is 62.7 Å². The number of pyridine rings is 1. The zero-order valence-electron chi connectivity index (χ0n) is 11.6. The minimum Gasteiger partial charge on any atom is -0.478 e. The number of nitrogens with zero attached hydrogens (tertiary/aromatic N) is 2. The summed E-state index contributed by atoms with van der Waals surface area (Å²) in [7, 11) is 1.73. The molecule has 2 rings (SSSR count). The quantitative estimate of drug-likeness (QED) is 0.905. The van der Waals surface area contributed by atoms with Crippen LogP contribution in [-0.2, 0) is 4.74 Å². The molecule has 1 atom stereocenters. The Kier molecular flexibility index (Phi) is 3.75. The number of carboxylic acid groups (broad SMARTS) is 1. The number of hydrogen-bond donors (Lipinski definition) is 1. The van der Waals surface area contributed by atoms with Gasteiger partial charge in [-0.05, 0) is 38.8 Å². The number of anilines is 1. The molecule has 5 nitrogen and oxygen atoms in total. The van der Waals surface area contributed by atoms with Crippen LogP contribution >= 0.6 is 0 Å². The average Bonchev–Trinajstić information content (AvgIpc) is 2.38. The van der Waals surface area contributed by atoms with Crippen molar-refractivity contribution in [1.82, 2.24) is 4.98 Å². The molecule has 5 heteroatoms. The molecule has 2 heterocycles. The highest BCUT2D eigenvalue weighted by molar-refractivity contribution is 5.89. The summed E-state index contributed by atoms with van der Waals surface area (Å²) < 4.78 is 5.56. The van der Waals surface area contributed by atoms with E-state index in [4.69, 9.17) is 9.84 Å². The molecule has 0 aliphatic carbocycles. The molecule has 0 amide bonds. The van der Waals surface area contributed by atoms with E-state index in [0.717, 1.165) is 31.7 Å². The highest BCUT2D eigenvalue weighted by atomic mass is 16.5. The lowest BCUT2D eigenvalue weighted by Gasteiger charge is -2.40. The monoisotopic (exact) mass is 264 g/mol. The Morgan fingerprint density at radius 3 is 2.84 bits per heavy atom. The Morgan fingerprint density at radius 2 is 2.26 bits per heavy atom. The number of piperidine rings is 1. The summed E-state index contributed by atoms with van der Waals surface area (Å²) in [6.45, 7) is 5.53. The normalized spacial score (nSPS) is 23.4. The number of carbonyl (C=O) groups is 1. The molecule has 1 aromatic rings. The van der Waals surface area contributed by atoms with Crippen molar-refractivity contribution in [3.05, 3.63) is 23.4 Å². The van der Waals surface area contributed by atoms with E-state index < -0.39 is 5.97 Å². The molecule has 0 radical (unpaired) electrons. The van der Waals surface area contributed by atoms with Crippen molar-refractivity contribution in [2.24, 2.45) is 0 Å². The number of rotatable bonds is 3. The zero-order chi connectivity index (χ0) is 14.0. The van der Waals surface area contributed by atoms with Crippen molar-refractivity contribution >= 4 is 11.8 Å². The Balaban J connectivity index is 2.23. The maximum absolute atomic E-state index is 11.0. The lowest BCUT2D eigenvalue weighted by molar-refractivity contribution is -0.00482. The van der Waals surface area contributed by atoms with Gasteiger partial charge in [-0.15, -0.1) is 0 Å². The van der Waals surface area contributed by atoms with Crippen LogP contribution in [0.2, 0.25) is 0 Å². The SMILES string of the molecule is COC1(C)CCCN(c2ccc(C(=O)O)c(C)n2)C1. The molecule has 19 heavy (non-hydrogen) atoms. The van der Waals surface area contributed by atoms with Crippen LogP contribution < -0.4 is 4.90 Å². The summed E-state index contributed by atoms with van der Waals surface area (Å²) in [6, 6.07) is 3.40. The molecule has 0 spiro atoms. The molecule has 1 fully saturated rings. The van der Waals surface area contributed by atoms with Gasteiger partial charge in [-0.1, -0.05) is 0 Å². The molecule has 1 unspecified atom stereocenters. The Hall–Kier alpha value is -1.62. The number of methoxy groups -OCH3 is 1. The van der Waals surface area contributed by atoms with Crippen molar-refractivity contribution in [2.45, 2.75) is 32.3 Å². The van der Waals surface area contributed by atoms with Crippen molar-refractivity contribution in [3.63, 3.8) is 0 Å². The van der Waals surface area contributed by atoms with Gasteiger partial charge >= 0.3 is 5.97 Å². The van der Waals surface area contributed by atoms with E-state index in [2.05, 4.69) is 16.8 Å². The lowest BCUT2D eigenvalue weighted by atomic mass is 9.95. The van der Waals surface area contributed by atoms with Crippen molar-refractivity contribution < 1.29 is 14.6 Å². The van der Waals surface area contributed by atoms with E-state index in [1.165, 1.54) is 0 Å². The third-order valence-corrected chi connectivity index (χ3v) is 3.78. The molecule has 0 aromatic carbocycles. The number of aromatic carboxylic acids is 1. The third kappa shape index (κ3) is 2.87. The van der Waals surface area contributed by atoms with Crippen molar-refractivity contribution in [1.29, 1.82) is 0 Å². The summed E-state index contributed by atoms with van der Waals surface area (Å²) >= 11 is 0. The standard InChI is InChI=1S/C14H20N2O3/c1-10-11(13(17)18)5-6-12(15-10)16-8-4-7-14(2,9-16)19-3/h5-6H,4,7-9H2,1-3H3,(H,17,18). The van der Waals surface area contributed by atoms with Crippen LogP contribution in [0.15, 0.2) is 12.1 Å². The smallest absolute Gasteiger partial charge is 0.337 e. The van der Waals surface area contributed by atoms with Crippen molar-refractivity contribution in [2.75, 3.05) is 25.1 Å². The fourth-order valence-electron chi connectivity index (χ4n) is 2.52. The van der Waals surface area contributed by atoms with Crippen LogP contribution in [0.3, 0.4) is 0 Å². The molecule has 1 N–H and O–H groups in total.